The number of hydrogen-bond donors (Lipinski definition) is 2. The molecule has 0 saturated heterocycles. The molecule has 1 aromatic carbocycles. The highest BCUT2D eigenvalue weighted by molar-refractivity contribution is 6.31. The summed E-state index contributed by atoms with van der Waals surface area (Å²) in [5.41, 5.74) is 1.56. The van der Waals surface area contributed by atoms with Gasteiger partial charge in [-0.05, 0) is 50.8 Å². The fourth-order valence-electron chi connectivity index (χ4n) is 2.16. The van der Waals surface area contributed by atoms with Crippen LogP contribution in [0.3, 0.4) is 0 Å². The van der Waals surface area contributed by atoms with E-state index >= 15 is 0 Å². The third-order valence-corrected chi connectivity index (χ3v) is 3.88. The van der Waals surface area contributed by atoms with Crippen molar-refractivity contribution in [2.45, 2.75) is 13.0 Å². The molecule has 0 radical (unpaired) electrons. The number of carbonyl (C=O) groups excluding carboxylic acids is 1. The summed E-state index contributed by atoms with van der Waals surface area (Å²) >= 11 is 6.12. The third kappa shape index (κ3) is 5.83. The van der Waals surface area contributed by atoms with Gasteiger partial charge < -0.3 is 15.5 Å². The standard InChI is InChI=1S/C18H23ClN4O/c1-23(2)11-5-10-20-18(24)15-8-9-17(22-13-15)21-12-14-6-3-4-7-16(14)19/h3-4,6-9,13H,5,10-12H2,1-2H3,(H,20,24)(H,21,22). The van der Waals surface area contributed by atoms with Crippen molar-refractivity contribution in [2.75, 3.05) is 32.5 Å². The molecule has 6 heteroatoms. The second-order valence-corrected chi connectivity index (χ2v) is 6.20. The minimum absolute atomic E-state index is 0.0982. The number of aromatic nitrogens is 1. The van der Waals surface area contributed by atoms with Gasteiger partial charge in [-0.2, -0.15) is 0 Å². The molecule has 2 N–H and O–H groups in total. The summed E-state index contributed by atoms with van der Waals surface area (Å²) in [5, 5.41) is 6.82. The van der Waals surface area contributed by atoms with Crippen LogP contribution >= 0.6 is 11.6 Å². The minimum atomic E-state index is -0.0982. The Kier molecular flexibility index (Phi) is 7.03. The molecule has 128 valence electrons. The zero-order valence-electron chi connectivity index (χ0n) is 14.1. The Balaban J connectivity index is 1.82. The normalized spacial score (nSPS) is 10.7. The van der Waals surface area contributed by atoms with Gasteiger partial charge in [0.1, 0.15) is 5.82 Å². The van der Waals surface area contributed by atoms with Crippen LogP contribution in [0.15, 0.2) is 42.6 Å². The molecule has 0 spiro atoms. The predicted octanol–water partition coefficient (Wildman–Crippen LogP) is 3.03. The Labute approximate surface area is 148 Å². The van der Waals surface area contributed by atoms with Gasteiger partial charge in [-0.25, -0.2) is 4.98 Å². The molecular weight excluding hydrogens is 324 g/mol. The van der Waals surface area contributed by atoms with E-state index in [1.807, 2.05) is 38.4 Å². The van der Waals surface area contributed by atoms with E-state index in [1.54, 1.807) is 18.3 Å². The van der Waals surface area contributed by atoms with Crippen molar-refractivity contribution in [1.82, 2.24) is 15.2 Å². The van der Waals surface area contributed by atoms with E-state index in [4.69, 9.17) is 11.6 Å². The molecule has 2 rings (SSSR count). The number of pyridine rings is 1. The van der Waals surface area contributed by atoms with Gasteiger partial charge in [0.15, 0.2) is 0 Å². The summed E-state index contributed by atoms with van der Waals surface area (Å²) in [6.45, 7) is 2.19. The molecule has 2 aromatic rings. The van der Waals surface area contributed by atoms with E-state index in [2.05, 4.69) is 20.5 Å². The predicted molar refractivity (Wildman–Crippen MR) is 98.5 cm³/mol. The SMILES string of the molecule is CN(C)CCCNC(=O)c1ccc(NCc2ccccc2Cl)nc1. The molecule has 0 fully saturated rings. The topological polar surface area (TPSA) is 57.3 Å². The number of halogens is 1. The van der Waals surface area contributed by atoms with Crippen LogP contribution < -0.4 is 10.6 Å². The lowest BCUT2D eigenvalue weighted by molar-refractivity contribution is 0.0952. The lowest BCUT2D eigenvalue weighted by Gasteiger charge is -2.10. The number of nitrogens with one attached hydrogen (secondary N) is 2. The van der Waals surface area contributed by atoms with Crippen molar-refractivity contribution < 1.29 is 4.79 Å². The molecule has 0 aliphatic rings. The number of amides is 1. The van der Waals surface area contributed by atoms with Crippen LogP contribution in [0.5, 0.6) is 0 Å². The largest absolute Gasteiger partial charge is 0.366 e. The maximum Gasteiger partial charge on any atom is 0.252 e. The van der Waals surface area contributed by atoms with Gasteiger partial charge in [0.05, 0.1) is 5.56 Å². The maximum absolute atomic E-state index is 12.0. The molecule has 0 saturated carbocycles. The first-order valence-corrected chi connectivity index (χ1v) is 8.30. The number of anilines is 1. The number of carbonyl (C=O) groups is 1. The average Bonchev–Trinajstić information content (AvgIpc) is 2.58. The first-order valence-electron chi connectivity index (χ1n) is 7.92. The molecule has 1 aromatic heterocycles. The van der Waals surface area contributed by atoms with Crippen LogP contribution in [0.2, 0.25) is 5.02 Å². The molecule has 5 nitrogen and oxygen atoms in total. The smallest absolute Gasteiger partial charge is 0.252 e. The summed E-state index contributed by atoms with van der Waals surface area (Å²) < 4.78 is 0. The second kappa shape index (κ2) is 9.25. The van der Waals surface area contributed by atoms with Crippen LogP contribution in [0, 0.1) is 0 Å². The summed E-state index contributed by atoms with van der Waals surface area (Å²) in [4.78, 5) is 18.4. The van der Waals surface area contributed by atoms with Crippen molar-refractivity contribution >= 4 is 23.3 Å². The van der Waals surface area contributed by atoms with E-state index in [0.717, 1.165) is 23.6 Å². The van der Waals surface area contributed by atoms with E-state index in [-0.39, 0.29) is 5.91 Å². The van der Waals surface area contributed by atoms with Crippen molar-refractivity contribution in [3.05, 3.63) is 58.7 Å². The van der Waals surface area contributed by atoms with E-state index < -0.39 is 0 Å². The first-order chi connectivity index (χ1) is 11.6. The lowest BCUT2D eigenvalue weighted by Crippen LogP contribution is -2.27. The summed E-state index contributed by atoms with van der Waals surface area (Å²) in [7, 11) is 4.03. The second-order valence-electron chi connectivity index (χ2n) is 5.79. The molecule has 1 amide bonds. The van der Waals surface area contributed by atoms with Crippen LogP contribution in [0.4, 0.5) is 5.82 Å². The van der Waals surface area contributed by atoms with Gasteiger partial charge in [0.25, 0.3) is 5.91 Å². The third-order valence-electron chi connectivity index (χ3n) is 3.51. The number of nitrogens with zero attached hydrogens (tertiary/aromatic N) is 2. The van der Waals surface area contributed by atoms with E-state index in [0.29, 0.717) is 24.5 Å². The highest BCUT2D eigenvalue weighted by atomic mass is 35.5. The molecule has 0 atom stereocenters. The Morgan fingerprint density at radius 1 is 1.21 bits per heavy atom. The Morgan fingerprint density at radius 2 is 2.00 bits per heavy atom. The van der Waals surface area contributed by atoms with E-state index in [1.165, 1.54) is 0 Å². The zero-order valence-corrected chi connectivity index (χ0v) is 14.8. The van der Waals surface area contributed by atoms with Gasteiger partial charge in [-0.1, -0.05) is 29.8 Å². The highest BCUT2D eigenvalue weighted by Gasteiger charge is 2.06. The molecule has 0 aliphatic heterocycles. The van der Waals surface area contributed by atoms with Crippen LogP contribution in [0.25, 0.3) is 0 Å². The van der Waals surface area contributed by atoms with Crippen LogP contribution in [0.1, 0.15) is 22.3 Å². The Bertz CT molecular complexity index is 658. The number of rotatable bonds is 8. The quantitative estimate of drug-likeness (QED) is 0.721. The van der Waals surface area contributed by atoms with E-state index in [9.17, 15) is 4.79 Å². The van der Waals surface area contributed by atoms with Gasteiger partial charge in [-0.3, -0.25) is 4.79 Å². The van der Waals surface area contributed by atoms with Crippen molar-refractivity contribution in [3.8, 4) is 0 Å². The van der Waals surface area contributed by atoms with Crippen LogP contribution in [-0.2, 0) is 6.54 Å². The fourth-order valence-corrected chi connectivity index (χ4v) is 2.36. The Morgan fingerprint density at radius 3 is 2.67 bits per heavy atom. The van der Waals surface area contributed by atoms with Gasteiger partial charge in [0, 0.05) is 24.3 Å². The highest BCUT2D eigenvalue weighted by Crippen LogP contribution is 2.16. The average molecular weight is 347 g/mol. The Hall–Kier alpha value is -2.11. The monoisotopic (exact) mass is 346 g/mol. The summed E-state index contributed by atoms with van der Waals surface area (Å²) in [6.07, 6.45) is 2.50. The summed E-state index contributed by atoms with van der Waals surface area (Å²) in [5.74, 6) is 0.609. The van der Waals surface area contributed by atoms with Crippen molar-refractivity contribution in [1.29, 1.82) is 0 Å². The lowest BCUT2D eigenvalue weighted by atomic mass is 10.2. The molecule has 24 heavy (non-hydrogen) atoms. The number of hydrogen-bond acceptors (Lipinski definition) is 4. The first kappa shape index (κ1) is 18.2. The van der Waals surface area contributed by atoms with Crippen molar-refractivity contribution in [3.63, 3.8) is 0 Å². The summed E-state index contributed by atoms with van der Waals surface area (Å²) in [6, 6.07) is 11.2. The molecule has 0 aliphatic carbocycles. The van der Waals surface area contributed by atoms with Gasteiger partial charge >= 0.3 is 0 Å². The van der Waals surface area contributed by atoms with Gasteiger partial charge in [0.2, 0.25) is 0 Å². The van der Waals surface area contributed by atoms with Crippen molar-refractivity contribution in [2.24, 2.45) is 0 Å². The molecule has 0 bridgehead atoms. The zero-order chi connectivity index (χ0) is 17.4. The fraction of sp³-hybridized carbons (Fsp3) is 0.333. The molecular formula is C18H23ClN4O. The number of benzene rings is 1. The minimum Gasteiger partial charge on any atom is -0.366 e. The molecule has 1 heterocycles. The maximum atomic E-state index is 12.0. The van der Waals surface area contributed by atoms with Crippen LogP contribution in [-0.4, -0.2) is 43.0 Å². The molecule has 0 unspecified atom stereocenters. The van der Waals surface area contributed by atoms with Gasteiger partial charge in [-0.15, -0.1) is 0 Å².